The lowest BCUT2D eigenvalue weighted by atomic mass is 10.1. The van der Waals surface area contributed by atoms with Crippen molar-refractivity contribution in [2.45, 2.75) is 33.2 Å². The van der Waals surface area contributed by atoms with Crippen LogP contribution in [0.3, 0.4) is 0 Å². The second-order valence-electron chi connectivity index (χ2n) is 7.15. The van der Waals surface area contributed by atoms with Crippen LogP contribution in [0.1, 0.15) is 39.1 Å². The van der Waals surface area contributed by atoms with Crippen molar-refractivity contribution in [2.75, 3.05) is 26.2 Å². The summed E-state index contributed by atoms with van der Waals surface area (Å²) < 4.78 is 5.47. The molecule has 6 nitrogen and oxygen atoms in total. The maximum Gasteiger partial charge on any atom is 0.244 e. The summed E-state index contributed by atoms with van der Waals surface area (Å²) in [4.78, 5) is 21.0. The SMILES string of the molecule is CC(C)CC(=O)N1CCN([C@@H](C)c2nc(-c3ccc(Cl)cc3)no2)CC1. The van der Waals surface area contributed by atoms with Crippen LogP contribution in [0.5, 0.6) is 0 Å². The minimum Gasteiger partial charge on any atom is -0.340 e. The molecular formula is C19H25ClN4O2. The minimum atomic E-state index is 0.0194. The molecule has 2 aromatic rings. The second-order valence-corrected chi connectivity index (χ2v) is 7.59. The fourth-order valence-corrected chi connectivity index (χ4v) is 3.24. The van der Waals surface area contributed by atoms with Gasteiger partial charge in [0.05, 0.1) is 6.04 Å². The summed E-state index contributed by atoms with van der Waals surface area (Å²) in [6.07, 6.45) is 0.615. The van der Waals surface area contributed by atoms with Gasteiger partial charge in [0.1, 0.15) is 0 Å². The third-order valence-corrected chi connectivity index (χ3v) is 4.95. The molecule has 1 aliphatic rings. The summed E-state index contributed by atoms with van der Waals surface area (Å²) in [5, 5.41) is 4.76. The van der Waals surface area contributed by atoms with Crippen LogP contribution in [-0.4, -0.2) is 52.0 Å². The number of aromatic nitrogens is 2. The summed E-state index contributed by atoms with van der Waals surface area (Å²) in [6.45, 7) is 9.31. The number of hydrogen-bond acceptors (Lipinski definition) is 5. The Morgan fingerprint density at radius 3 is 2.42 bits per heavy atom. The van der Waals surface area contributed by atoms with Gasteiger partial charge in [-0.25, -0.2) is 0 Å². The van der Waals surface area contributed by atoms with Crippen molar-refractivity contribution in [3.63, 3.8) is 0 Å². The van der Waals surface area contributed by atoms with Crippen molar-refractivity contribution in [3.05, 3.63) is 35.2 Å². The van der Waals surface area contributed by atoms with Crippen molar-refractivity contribution in [2.24, 2.45) is 5.92 Å². The van der Waals surface area contributed by atoms with E-state index < -0.39 is 0 Å². The molecule has 1 aromatic carbocycles. The van der Waals surface area contributed by atoms with E-state index in [9.17, 15) is 4.79 Å². The van der Waals surface area contributed by atoms with Crippen LogP contribution in [0.2, 0.25) is 5.02 Å². The van der Waals surface area contributed by atoms with Crippen LogP contribution in [0, 0.1) is 5.92 Å². The number of benzene rings is 1. The van der Waals surface area contributed by atoms with Crippen LogP contribution in [0.4, 0.5) is 0 Å². The van der Waals surface area contributed by atoms with Gasteiger partial charge < -0.3 is 9.42 Å². The number of carbonyl (C=O) groups is 1. The Hall–Kier alpha value is -1.92. The quantitative estimate of drug-likeness (QED) is 0.797. The Balaban J connectivity index is 1.60. The van der Waals surface area contributed by atoms with Crippen LogP contribution in [0.25, 0.3) is 11.4 Å². The van der Waals surface area contributed by atoms with Crippen molar-refractivity contribution in [1.82, 2.24) is 19.9 Å². The molecule has 0 radical (unpaired) electrons. The van der Waals surface area contributed by atoms with Crippen molar-refractivity contribution >= 4 is 17.5 Å². The van der Waals surface area contributed by atoms with Gasteiger partial charge in [-0.2, -0.15) is 4.98 Å². The molecule has 1 amide bonds. The lowest BCUT2D eigenvalue weighted by Crippen LogP contribution is -2.49. The first kappa shape index (κ1) is 18.9. The van der Waals surface area contributed by atoms with Crippen LogP contribution < -0.4 is 0 Å². The van der Waals surface area contributed by atoms with Gasteiger partial charge >= 0.3 is 0 Å². The maximum atomic E-state index is 12.2. The number of nitrogens with zero attached hydrogens (tertiary/aromatic N) is 4. The summed E-state index contributed by atoms with van der Waals surface area (Å²) in [5.74, 6) is 1.80. The van der Waals surface area contributed by atoms with Gasteiger partial charge in [0.15, 0.2) is 0 Å². The predicted molar refractivity (Wildman–Crippen MR) is 101 cm³/mol. The van der Waals surface area contributed by atoms with Crippen molar-refractivity contribution < 1.29 is 9.32 Å². The first-order chi connectivity index (χ1) is 12.4. The van der Waals surface area contributed by atoms with E-state index in [2.05, 4.69) is 35.8 Å². The zero-order valence-corrected chi connectivity index (χ0v) is 16.2. The van der Waals surface area contributed by atoms with Crippen LogP contribution in [-0.2, 0) is 4.79 Å². The number of carbonyl (C=O) groups excluding carboxylic acids is 1. The smallest absolute Gasteiger partial charge is 0.244 e. The Kier molecular flexibility index (Phi) is 5.94. The molecule has 7 heteroatoms. The number of piperazine rings is 1. The molecule has 1 saturated heterocycles. The first-order valence-corrected chi connectivity index (χ1v) is 9.43. The molecule has 0 unspecified atom stereocenters. The molecule has 140 valence electrons. The highest BCUT2D eigenvalue weighted by atomic mass is 35.5. The largest absolute Gasteiger partial charge is 0.340 e. The molecule has 0 aliphatic carbocycles. The number of halogens is 1. The van der Waals surface area contributed by atoms with Gasteiger partial charge in [0.25, 0.3) is 0 Å². The van der Waals surface area contributed by atoms with E-state index in [-0.39, 0.29) is 11.9 Å². The summed E-state index contributed by atoms with van der Waals surface area (Å²) in [5.41, 5.74) is 0.876. The third kappa shape index (κ3) is 4.43. The van der Waals surface area contributed by atoms with E-state index >= 15 is 0 Å². The topological polar surface area (TPSA) is 62.5 Å². The second kappa shape index (κ2) is 8.18. The van der Waals surface area contributed by atoms with Gasteiger partial charge in [-0.05, 0) is 37.1 Å². The lowest BCUT2D eigenvalue weighted by molar-refractivity contribution is -0.134. The molecule has 26 heavy (non-hydrogen) atoms. The fourth-order valence-electron chi connectivity index (χ4n) is 3.11. The van der Waals surface area contributed by atoms with E-state index in [0.717, 1.165) is 31.7 Å². The Bertz CT molecular complexity index is 736. The summed E-state index contributed by atoms with van der Waals surface area (Å²) in [7, 11) is 0. The van der Waals surface area contributed by atoms with Crippen molar-refractivity contribution in [1.29, 1.82) is 0 Å². The fraction of sp³-hybridized carbons (Fsp3) is 0.526. The molecule has 0 spiro atoms. The normalized spacial score (nSPS) is 16.9. The molecule has 0 bridgehead atoms. The van der Waals surface area contributed by atoms with Crippen LogP contribution in [0.15, 0.2) is 28.8 Å². The molecule has 1 atom stereocenters. The molecule has 1 aromatic heterocycles. The van der Waals surface area contributed by atoms with Gasteiger partial charge in [-0.15, -0.1) is 0 Å². The average Bonchev–Trinajstić information content (AvgIpc) is 3.11. The number of rotatable bonds is 5. The number of hydrogen-bond donors (Lipinski definition) is 0. The van der Waals surface area contributed by atoms with Gasteiger partial charge in [-0.1, -0.05) is 30.6 Å². The highest BCUT2D eigenvalue weighted by molar-refractivity contribution is 6.30. The summed E-state index contributed by atoms with van der Waals surface area (Å²) >= 11 is 5.92. The molecule has 3 rings (SSSR count). The minimum absolute atomic E-state index is 0.0194. The van der Waals surface area contributed by atoms with E-state index in [1.54, 1.807) is 0 Å². The van der Waals surface area contributed by atoms with E-state index in [1.165, 1.54) is 0 Å². The highest BCUT2D eigenvalue weighted by Crippen LogP contribution is 2.24. The van der Waals surface area contributed by atoms with Crippen molar-refractivity contribution in [3.8, 4) is 11.4 Å². The standard InChI is InChI=1S/C19H25ClN4O2/c1-13(2)12-17(25)24-10-8-23(9-11-24)14(3)19-21-18(22-26-19)15-4-6-16(20)7-5-15/h4-7,13-14H,8-12H2,1-3H3/t14-/m0/s1. The highest BCUT2D eigenvalue weighted by Gasteiger charge is 2.27. The van der Waals surface area contributed by atoms with Gasteiger partial charge in [0, 0.05) is 43.2 Å². The lowest BCUT2D eigenvalue weighted by Gasteiger charge is -2.37. The van der Waals surface area contributed by atoms with E-state index in [0.29, 0.717) is 29.1 Å². The molecule has 0 N–H and O–H groups in total. The average molecular weight is 377 g/mol. The first-order valence-electron chi connectivity index (χ1n) is 9.05. The molecule has 1 aliphatic heterocycles. The Morgan fingerprint density at radius 2 is 1.81 bits per heavy atom. The molecule has 1 fully saturated rings. The molecule has 2 heterocycles. The van der Waals surface area contributed by atoms with E-state index in [1.807, 2.05) is 29.2 Å². The Labute approximate surface area is 159 Å². The number of amides is 1. The molecule has 0 saturated carbocycles. The predicted octanol–water partition coefficient (Wildman–Crippen LogP) is 3.64. The third-order valence-electron chi connectivity index (χ3n) is 4.70. The van der Waals surface area contributed by atoms with Gasteiger partial charge in [0.2, 0.25) is 17.6 Å². The monoisotopic (exact) mass is 376 g/mol. The van der Waals surface area contributed by atoms with E-state index in [4.69, 9.17) is 16.1 Å². The van der Waals surface area contributed by atoms with Crippen LogP contribution >= 0.6 is 11.6 Å². The van der Waals surface area contributed by atoms with Gasteiger partial charge in [-0.3, -0.25) is 9.69 Å². The summed E-state index contributed by atoms with van der Waals surface area (Å²) in [6, 6.07) is 7.39. The molecular weight excluding hydrogens is 352 g/mol. The maximum absolute atomic E-state index is 12.2. The zero-order valence-electron chi connectivity index (χ0n) is 15.5. The zero-order chi connectivity index (χ0) is 18.7. The Morgan fingerprint density at radius 1 is 1.15 bits per heavy atom.